The number of halogens is 1. The van der Waals surface area contributed by atoms with Gasteiger partial charge in [-0.1, -0.05) is 24.3 Å². The maximum absolute atomic E-state index is 13.9. The standard InChI is InChI=1S/C20H21FN2O6/c1-2-28-17(10-11-18(25)23-27)19(13-8-9-16(24)15(21)12-13)29-20(26)22-14-6-4-3-5-7-14/h3-12,17,19,24,27H,2H2,1H3,(H,22,26)(H,23,25)/b11-10+/t17-,19-/m1/s1. The van der Waals surface area contributed by atoms with Gasteiger partial charge in [0, 0.05) is 18.4 Å². The third-order valence-electron chi connectivity index (χ3n) is 3.76. The molecule has 0 unspecified atom stereocenters. The fourth-order valence-corrected chi connectivity index (χ4v) is 2.46. The van der Waals surface area contributed by atoms with Gasteiger partial charge in [0.2, 0.25) is 0 Å². The maximum Gasteiger partial charge on any atom is 0.412 e. The van der Waals surface area contributed by atoms with Crippen LogP contribution in [-0.2, 0) is 14.3 Å². The van der Waals surface area contributed by atoms with E-state index in [1.54, 1.807) is 37.3 Å². The molecule has 0 bridgehead atoms. The summed E-state index contributed by atoms with van der Waals surface area (Å²) >= 11 is 0. The van der Waals surface area contributed by atoms with Crippen LogP contribution >= 0.6 is 0 Å². The molecule has 0 saturated carbocycles. The predicted octanol–water partition coefficient (Wildman–Crippen LogP) is 3.29. The zero-order valence-corrected chi connectivity index (χ0v) is 15.5. The molecule has 2 aromatic carbocycles. The third-order valence-corrected chi connectivity index (χ3v) is 3.76. The molecule has 8 nitrogen and oxygen atoms in total. The largest absolute Gasteiger partial charge is 0.505 e. The minimum absolute atomic E-state index is 0.191. The predicted molar refractivity (Wildman–Crippen MR) is 102 cm³/mol. The Morgan fingerprint density at radius 3 is 2.55 bits per heavy atom. The van der Waals surface area contributed by atoms with Gasteiger partial charge in [0.25, 0.3) is 5.91 Å². The van der Waals surface area contributed by atoms with Gasteiger partial charge in [0.05, 0.1) is 0 Å². The molecule has 0 spiro atoms. The van der Waals surface area contributed by atoms with E-state index in [4.69, 9.17) is 14.7 Å². The summed E-state index contributed by atoms with van der Waals surface area (Å²) in [5.74, 6) is -2.30. The monoisotopic (exact) mass is 404 g/mol. The van der Waals surface area contributed by atoms with Crippen molar-refractivity contribution in [3.63, 3.8) is 0 Å². The van der Waals surface area contributed by atoms with Crippen LogP contribution in [0.5, 0.6) is 5.75 Å². The summed E-state index contributed by atoms with van der Waals surface area (Å²) in [5.41, 5.74) is 2.11. The number of para-hydroxylation sites is 1. The Morgan fingerprint density at radius 1 is 1.21 bits per heavy atom. The van der Waals surface area contributed by atoms with Crippen molar-refractivity contribution in [3.8, 4) is 5.75 Å². The number of carbonyl (C=O) groups is 2. The number of aromatic hydroxyl groups is 1. The molecule has 0 aliphatic rings. The van der Waals surface area contributed by atoms with E-state index in [1.807, 2.05) is 0 Å². The molecule has 0 radical (unpaired) electrons. The number of phenolic OH excluding ortho intramolecular Hbond substituents is 1. The highest BCUT2D eigenvalue weighted by atomic mass is 19.1. The van der Waals surface area contributed by atoms with Crippen molar-refractivity contribution in [1.82, 2.24) is 5.48 Å². The van der Waals surface area contributed by atoms with Crippen molar-refractivity contribution in [3.05, 3.63) is 72.1 Å². The summed E-state index contributed by atoms with van der Waals surface area (Å²) < 4.78 is 24.9. The topological polar surface area (TPSA) is 117 Å². The van der Waals surface area contributed by atoms with Gasteiger partial charge < -0.3 is 14.6 Å². The van der Waals surface area contributed by atoms with Gasteiger partial charge in [-0.15, -0.1) is 0 Å². The molecular weight excluding hydrogens is 383 g/mol. The number of hydroxylamine groups is 1. The Bertz CT molecular complexity index is 859. The number of amides is 2. The van der Waals surface area contributed by atoms with Gasteiger partial charge in [-0.2, -0.15) is 0 Å². The molecule has 0 saturated heterocycles. The molecule has 2 amide bonds. The molecule has 29 heavy (non-hydrogen) atoms. The first-order valence-electron chi connectivity index (χ1n) is 8.69. The number of carbonyl (C=O) groups excluding carboxylic acids is 2. The molecule has 2 rings (SSSR count). The van der Waals surface area contributed by atoms with E-state index in [9.17, 15) is 19.1 Å². The molecule has 154 valence electrons. The number of nitrogens with one attached hydrogen (secondary N) is 2. The van der Waals surface area contributed by atoms with Crippen LogP contribution in [0.2, 0.25) is 0 Å². The zero-order valence-electron chi connectivity index (χ0n) is 15.5. The molecule has 0 heterocycles. The quantitative estimate of drug-likeness (QED) is 0.305. The summed E-state index contributed by atoms with van der Waals surface area (Å²) in [7, 11) is 0. The van der Waals surface area contributed by atoms with Crippen molar-refractivity contribution in [1.29, 1.82) is 0 Å². The molecule has 0 aliphatic carbocycles. The second-order valence-corrected chi connectivity index (χ2v) is 5.78. The van der Waals surface area contributed by atoms with Gasteiger partial charge in [-0.05, 0) is 42.8 Å². The SMILES string of the molecule is CCO[C@H](/C=C/C(=O)NO)[C@H](OC(=O)Nc1ccccc1)c1ccc(O)c(F)c1. The average Bonchev–Trinajstić information content (AvgIpc) is 2.72. The lowest BCUT2D eigenvalue weighted by Crippen LogP contribution is -2.28. The van der Waals surface area contributed by atoms with Crippen molar-refractivity contribution < 1.29 is 33.8 Å². The van der Waals surface area contributed by atoms with E-state index in [2.05, 4.69) is 5.32 Å². The van der Waals surface area contributed by atoms with Gasteiger partial charge >= 0.3 is 6.09 Å². The van der Waals surface area contributed by atoms with Crippen LogP contribution in [0.4, 0.5) is 14.9 Å². The fraction of sp³-hybridized carbons (Fsp3) is 0.200. The Labute approximate surface area is 166 Å². The molecular formula is C20H21FN2O6. The van der Waals surface area contributed by atoms with Gasteiger partial charge in [0.15, 0.2) is 17.7 Å². The lowest BCUT2D eigenvalue weighted by atomic mass is 10.0. The minimum atomic E-state index is -1.16. The van der Waals surface area contributed by atoms with E-state index in [1.165, 1.54) is 17.6 Å². The number of phenols is 1. The zero-order chi connectivity index (χ0) is 21.2. The second-order valence-electron chi connectivity index (χ2n) is 5.78. The van der Waals surface area contributed by atoms with Gasteiger partial charge in [-0.3, -0.25) is 15.3 Å². The second kappa shape index (κ2) is 10.8. The highest BCUT2D eigenvalue weighted by Crippen LogP contribution is 2.29. The molecule has 4 N–H and O–H groups in total. The smallest absolute Gasteiger partial charge is 0.412 e. The minimum Gasteiger partial charge on any atom is -0.505 e. The van der Waals surface area contributed by atoms with Crippen molar-refractivity contribution >= 4 is 17.7 Å². The van der Waals surface area contributed by atoms with Crippen LogP contribution in [0.15, 0.2) is 60.7 Å². The van der Waals surface area contributed by atoms with Crippen LogP contribution < -0.4 is 10.8 Å². The third kappa shape index (κ3) is 6.59. The first-order valence-corrected chi connectivity index (χ1v) is 8.69. The number of hydrogen-bond donors (Lipinski definition) is 4. The van der Waals surface area contributed by atoms with Crippen LogP contribution in [0.1, 0.15) is 18.6 Å². The lowest BCUT2D eigenvalue weighted by Gasteiger charge is -2.25. The Morgan fingerprint density at radius 2 is 1.93 bits per heavy atom. The van der Waals surface area contributed by atoms with Gasteiger partial charge in [0.1, 0.15) is 6.10 Å². The number of anilines is 1. The number of hydrogen-bond acceptors (Lipinski definition) is 6. The first-order chi connectivity index (χ1) is 13.9. The van der Waals surface area contributed by atoms with Crippen LogP contribution in [0, 0.1) is 5.82 Å². The Kier molecular flexibility index (Phi) is 8.13. The molecule has 0 aliphatic heterocycles. The van der Waals surface area contributed by atoms with Crippen molar-refractivity contribution in [2.24, 2.45) is 0 Å². The molecule has 2 atom stereocenters. The van der Waals surface area contributed by atoms with E-state index in [0.29, 0.717) is 5.69 Å². The Hall–Kier alpha value is -3.43. The van der Waals surface area contributed by atoms with Crippen LogP contribution in [0.25, 0.3) is 0 Å². The average molecular weight is 404 g/mol. The van der Waals surface area contributed by atoms with Crippen LogP contribution in [0.3, 0.4) is 0 Å². The highest BCUT2D eigenvalue weighted by molar-refractivity contribution is 5.86. The summed E-state index contributed by atoms with van der Waals surface area (Å²) in [6.07, 6.45) is -0.721. The van der Waals surface area contributed by atoms with E-state index >= 15 is 0 Å². The fourth-order valence-electron chi connectivity index (χ4n) is 2.46. The summed E-state index contributed by atoms with van der Waals surface area (Å²) in [5, 5.41) is 20.6. The maximum atomic E-state index is 13.9. The number of ether oxygens (including phenoxy) is 2. The van der Waals surface area contributed by atoms with Crippen LogP contribution in [-0.4, -0.2) is 35.0 Å². The normalized spacial score (nSPS) is 12.9. The number of benzene rings is 2. The Balaban J connectivity index is 2.32. The lowest BCUT2D eigenvalue weighted by molar-refractivity contribution is -0.124. The molecule has 9 heteroatoms. The van der Waals surface area contributed by atoms with E-state index in [0.717, 1.165) is 18.2 Å². The number of rotatable bonds is 8. The van der Waals surface area contributed by atoms with E-state index in [-0.39, 0.29) is 12.2 Å². The molecule has 2 aromatic rings. The first kappa shape index (κ1) is 21.9. The highest BCUT2D eigenvalue weighted by Gasteiger charge is 2.27. The van der Waals surface area contributed by atoms with Crippen molar-refractivity contribution in [2.75, 3.05) is 11.9 Å². The molecule has 0 fully saturated rings. The molecule has 0 aromatic heterocycles. The van der Waals surface area contributed by atoms with Gasteiger partial charge in [-0.25, -0.2) is 14.7 Å². The summed E-state index contributed by atoms with van der Waals surface area (Å²) in [6, 6.07) is 12.0. The summed E-state index contributed by atoms with van der Waals surface area (Å²) in [6.45, 7) is 1.88. The summed E-state index contributed by atoms with van der Waals surface area (Å²) in [4.78, 5) is 23.7. The van der Waals surface area contributed by atoms with Crippen molar-refractivity contribution in [2.45, 2.75) is 19.1 Å². The van der Waals surface area contributed by atoms with E-state index < -0.39 is 35.8 Å².